The summed E-state index contributed by atoms with van der Waals surface area (Å²) < 4.78 is 17.9. The Kier molecular flexibility index (Phi) is 19.2. The van der Waals surface area contributed by atoms with Crippen LogP contribution in [0.2, 0.25) is 0 Å². The van der Waals surface area contributed by atoms with Gasteiger partial charge >= 0.3 is 42.8 Å². The normalized spacial score (nSPS) is 8.64. The van der Waals surface area contributed by atoms with Gasteiger partial charge in [-0.2, -0.15) is 0 Å². The molecule has 0 aliphatic carbocycles. The SMILES string of the molecule is CC(=O)O[BH-](OC(C)=O)OC(C)=O.CCCC(=O)OCC.[Na+]. The van der Waals surface area contributed by atoms with Gasteiger partial charge in [-0.15, -0.1) is 0 Å². The fourth-order valence-corrected chi connectivity index (χ4v) is 1.02. The Morgan fingerprint density at radius 3 is 1.41 bits per heavy atom. The van der Waals surface area contributed by atoms with Crippen molar-refractivity contribution in [2.45, 2.75) is 47.5 Å². The predicted octanol–water partition coefficient (Wildman–Crippen LogP) is -2.25. The molecule has 0 bridgehead atoms. The van der Waals surface area contributed by atoms with E-state index in [-0.39, 0.29) is 35.5 Å². The van der Waals surface area contributed by atoms with Crippen molar-refractivity contribution in [3.05, 3.63) is 0 Å². The van der Waals surface area contributed by atoms with Gasteiger partial charge in [-0.05, 0) is 13.3 Å². The number of ether oxygens (including phenoxy) is 1. The van der Waals surface area contributed by atoms with Crippen LogP contribution >= 0.6 is 0 Å². The van der Waals surface area contributed by atoms with Crippen molar-refractivity contribution >= 4 is 31.2 Å². The Balaban J connectivity index is -0.000000348. The van der Waals surface area contributed by atoms with Gasteiger partial charge in [-0.3, -0.25) is 19.2 Å². The van der Waals surface area contributed by atoms with Crippen molar-refractivity contribution in [1.82, 2.24) is 0 Å². The zero-order valence-electron chi connectivity index (χ0n) is 14.1. The molecule has 0 aliphatic heterocycles. The topological polar surface area (TPSA) is 105 Å². The number of hydrogen-bond donors (Lipinski definition) is 0. The molecule has 0 aliphatic rings. The van der Waals surface area contributed by atoms with E-state index in [0.29, 0.717) is 13.0 Å². The minimum atomic E-state index is -2.41. The first kappa shape index (κ1) is 25.9. The largest absolute Gasteiger partial charge is 1.00 e. The molecule has 0 fully saturated rings. The molecular weight excluding hydrogens is 306 g/mol. The van der Waals surface area contributed by atoms with Crippen LogP contribution in [0.15, 0.2) is 0 Å². The van der Waals surface area contributed by atoms with E-state index >= 15 is 0 Å². The quantitative estimate of drug-likeness (QED) is 0.398. The van der Waals surface area contributed by atoms with Gasteiger partial charge in [0, 0.05) is 27.2 Å². The third-order valence-electron chi connectivity index (χ3n) is 1.72. The molecule has 122 valence electrons. The maximum absolute atomic E-state index is 10.4. The second-order valence-electron chi connectivity index (χ2n) is 3.82. The molecule has 0 radical (unpaired) electrons. The van der Waals surface area contributed by atoms with Gasteiger partial charge in [0.15, 0.2) is 0 Å². The van der Waals surface area contributed by atoms with E-state index in [1.165, 1.54) is 0 Å². The second-order valence-corrected chi connectivity index (χ2v) is 3.82. The number of hydrogen-bond acceptors (Lipinski definition) is 8. The molecule has 0 heterocycles. The smallest absolute Gasteiger partial charge is 0.625 e. The van der Waals surface area contributed by atoms with Crippen LogP contribution in [0.25, 0.3) is 0 Å². The molecule has 0 amide bonds. The van der Waals surface area contributed by atoms with Crippen LogP contribution in [0.3, 0.4) is 0 Å². The summed E-state index contributed by atoms with van der Waals surface area (Å²) in [5, 5.41) is 0. The Hall–Kier alpha value is -1.06. The number of esters is 1. The molecule has 0 N–H and O–H groups in total. The van der Waals surface area contributed by atoms with Gasteiger partial charge in [0.2, 0.25) is 0 Å². The Labute approximate surface area is 152 Å². The standard InChI is InChI=1S/C6H10BO6.C6H12O2.Na/c1-4(8)11-7(12-5(2)9)13-6(3)10;1-3-5-6(7)8-4-2;/h7H,1-3H3;3-5H2,1-2H3;/q-1;;+1. The summed E-state index contributed by atoms with van der Waals surface area (Å²) in [4.78, 5) is 41.7. The third kappa shape index (κ3) is 21.2. The zero-order valence-corrected chi connectivity index (χ0v) is 16.1. The fraction of sp³-hybridized carbons (Fsp3) is 0.667. The first-order valence-corrected chi connectivity index (χ1v) is 6.56. The van der Waals surface area contributed by atoms with E-state index in [1.54, 1.807) is 0 Å². The van der Waals surface area contributed by atoms with E-state index in [2.05, 4.69) is 18.7 Å². The molecule has 0 spiro atoms. The van der Waals surface area contributed by atoms with Crippen molar-refractivity contribution in [2.75, 3.05) is 6.61 Å². The van der Waals surface area contributed by atoms with Crippen LogP contribution in [0.1, 0.15) is 47.5 Å². The van der Waals surface area contributed by atoms with Gasteiger partial charge in [0.05, 0.1) is 6.61 Å². The summed E-state index contributed by atoms with van der Waals surface area (Å²) in [5.41, 5.74) is 0. The van der Waals surface area contributed by atoms with E-state index < -0.39 is 25.2 Å². The van der Waals surface area contributed by atoms with E-state index in [4.69, 9.17) is 0 Å². The summed E-state index contributed by atoms with van der Waals surface area (Å²) in [5.74, 6) is -2.12. The summed E-state index contributed by atoms with van der Waals surface area (Å²) >= 11 is 0. The molecule has 22 heavy (non-hydrogen) atoms. The van der Waals surface area contributed by atoms with Crippen molar-refractivity contribution in [3.8, 4) is 0 Å². The molecule has 0 atom stereocenters. The molecule has 0 saturated carbocycles. The van der Waals surface area contributed by atoms with Crippen molar-refractivity contribution in [3.63, 3.8) is 0 Å². The van der Waals surface area contributed by atoms with Gasteiger partial charge in [-0.25, -0.2) is 0 Å². The second kappa shape index (κ2) is 16.3. The molecule has 10 heteroatoms. The maximum atomic E-state index is 10.4. The van der Waals surface area contributed by atoms with Crippen molar-refractivity contribution in [2.24, 2.45) is 0 Å². The van der Waals surface area contributed by atoms with Crippen LogP contribution < -0.4 is 29.6 Å². The minimum absolute atomic E-state index is 0. The van der Waals surface area contributed by atoms with Gasteiger partial charge < -0.3 is 18.7 Å². The Bertz CT molecular complexity index is 315. The minimum Gasteiger partial charge on any atom is -0.625 e. The van der Waals surface area contributed by atoms with E-state index in [9.17, 15) is 19.2 Å². The van der Waals surface area contributed by atoms with Crippen molar-refractivity contribution < 1.29 is 67.4 Å². The average molecular weight is 328 g/mol. The molecule has 0 aromatic rings. The van der Waals surface area contributed by atoms with E-state index in [0.717, 1.165) is 27.2 Å². The van der Waals surface area contributed by atoms with Crippen LogP contribution in [0.5, 0.6) is 0 Å². The van der Waals surface area contributed by atoms with Crippen LogP contribution in [-0.4, -0.2) is 37.8 Å². The molecule has 0 aromatic heterocycles. The molecular formula is C12H22BNaO8. The first-order chi connectivity index (χ1) is 9.72. The predicted molar refractivity (Wildman–Crippen MR) is 74.0 cm³/mol. The van der Waals surface area contributed by atoms with Gasteiger partial charge in [-0.1, -0.05) is 6.92 Å². The third-order valence-corrected chi connectivity index (χ3v) is 1.72. The van der Waals surface area contributed by atoms with Gasteiger partial charge in [0.25, 0.3) is 17.9 Å². The Morgan fingerprint density at radius 2 is 1.18 bits per heavy atom. The number of carbonyl (C=O) groups is 4. The Morgan fingerprint density at radius 1 is 0.818 bits per heavy atom. The first-order valence-electron chi connectivity index (χ1n) is 6.56. The molecule has 0 unspecified atom stereocenters. The van der Waals surface area contributed by atoms with Crippen molar-refractivity contribution in [1.29, 1.82) is 0 Å². The zero-order chi connectivity index (χ0) is 16.8. The van der Waals surface area contributed by atoms with Crippen LogP contribution in [0.4, 0.5) is 0 Å². The summed E-state index contributed by atoms with van der Waals surface area (Å²) in [6.45, 7) is 7.62. The molecule has 0 rings (SSSR count). The number of carbonyl (C=O) groups excluding carboxylic acids is 4. The van der Waals surface area contributed by atoms with Gasteiger partial charge in [0.1, 0.15) is 0 Å². The summed E-state index contributed by atoms with van der Waals surface area (Å²) in [6.07, 6.45) is 1.42. The molecule has 0 saturated heterocycles. The fourth-order valence-electron chi connectivity index (χ4n) is 1.02. The van der Waals surface area contributed by atoms with Crippen LogP contribution in [-0.2, 0) is 37.9 Å². The maximum Gasteiger partial charge on any atom is 1.00 e. The summed E-state index contributed by atoms with van der Waals surface area (Å²) in [6, 6.07) is 0. The summed E-state index contributed by atoms with van der Waals surface area (Å²) in [7, 11) is -2.41. The molecule has 0 aromatic carbocycles. The number of rotatable bonds is 6. The molecule has 8 nitrogen and oxygen atoms in total. The average Bonchev–Trinajstić information content (AvgIpc) is 2.27. The van der Waals surface area contributed by atoms with Crippen LogP contribution in [0, 0.1) is 0 Å². The monoisotopic (exact) mass is 328 g/mol. The van der Waals surface area contributed by atoms with E-state index in [1.807, 2.05) is 13.8 Å².